The molecule has 0 bridgehead atoms. The SMILES string of the molecule is CCOC(=O)C1CCN(c2nnc(Cc3cccs3)c(=O)[nH]2)CC1. The summed E-state index contributed by atoms with van der Waals surface area (Å²) in [5.74, 6) is 0.263. The minimum Gasteiger partial charge on any atom is -0.466 e. The molecule has 2 aromatic rings. The quantitative estimate of drug-likeness (QED) is 0.826. The number of anilines is 1. The molecule has 24 heavy (non-hydrogen) atoms. The van der Waals surface area contributed by atoms with Gasteiger partial charge in [-0.1, -0.05) is 6.07 Å². The number of H-pyrrole nitrogens is 1. The van der Waals surface area contributed by atoms with Gasteiger partial charge in [-0.2, -0.15) is 0 Å². The highest BCUT2D eigenvalue weighted by molar-refractivity contribution is 7.09. The second-order valence-corrected chi connectivity index (χ2v) is 6.73. The van der Waals surface area contributed by atoms with Crippen molar-refractivity contribution in [3.8, 4) is 0 Å². The number of ether oxygens (including phenoxy) is 1. The Balaban J connectivity index is 1.63. The highest BCUT2D eigenvalue weighted by Crippen LogP contribution is 2.21. The van der Waals surface area contributed by atoms with Gasteiger partial charge in [-0.05, 0) is 31.2 Å². The van der Waals surface area contributed by atoms with Crippen LogP contribution >= 0.6 is 11.3 Å². The predicted octanol–water partition coefficient (Wildman–Crippen LogP) is 1.60. The summed E-state index contributed by atoms with van der Waals surface area (Å²) in [6, 6.07) is 3.92. The Bertz CT molecular complexity index is 736. The Morgan fingerprint density at radius 1 is 1.42 bits per heavy atom. The maximum Gasteiger partial charge on any atom is 0.309 e. The van der Waals surface area contributed by atoms with Crippen LogP contribution in [0.25, 0.3) is 0 Å². The molecule has 2 aromatic heterocycles. The molecule has 8 heteroatoms. The van der Waals surface area contributed by atoms with Crippen molar-refractivity contribution in [2.45, 2.75) is 26.2 Å². The maximum atomic E-state index is 12.2. The van der Waals surface area contributed by atoms with E-state index >= 15 is 0 Å². The van der Waals surface area contributed by atoms with Crippen LogP contribution in [0.15, 0.2) is 22.3 Å². The third-order valence-corrected chi connectivity index (χ3v) is 4.97. The van der Waals surface area contributed by atoms with Crippen LogP contribution in [0.5, 0.6) is 0 Å². The minimum absolute atomic E-state index is 0.0704. The number of nitrogens with one attached hydrogen (secondary N) is 1. The number of hydrogen-bond acceptors (Lipinski definition) is 7. The van der Waals surface area contributed by atoms with Gasteiger partial charge in [0.05, 0.1) is 12.5 Å². The molecular weight excluding hydrogens is 328 g/mol. The monoisotopic (exact) mass is 348 g/mol. The van der Waals surface area contributed by atoms with Gasteiger partial charge in [-0.25, -0.2) is 0 Å². The van der Waals surface area contributed by atoms with Gasteiger partial charge in [0.25, 0.3) is 5.56 Å². The van der Waals surface area contributed by atoms with Crippen molar-refractivity contribution in [1.82, 2.24) is 15.2 Å². The number of aromatic nitrogens is 3. The minimum atomic E-state index is -0.207. The Morgan fingerprint density at radius 2 is 2.21 bits per heavy atom. The molecule has 0 radical (unpaired) electrons. The van der Waals surface area contributed by atoms with E-state index in [9.17, 15) is 9.59 Å². The lowest BCUT2D eigenvalue weighted by atomic mass is 9.97. The first kappa shape index (κ1) is 16.6. The number of piperidine rings is 1. The van der Waals surface area contributed by atoms with E-state index in [0.29, 0.717) is 50.6 Å². The Kier molecular flexibility index (Phi) is 5.24. The van der Waals surface area contributed by atoms with Crippen LogP contribution in [0.1, 0.15) is 30.3 Å². The molecule has 1 saturated heterocycles. The van der Waals surface area contributed by atoms with Crippen molar-refractivity contribution in [2.24, 2.45) is 5.92 Å². The summed E-state index contributed by atoms with van der Waals surface area (Å²) in [5.41, 5.74) is 0.212. The van der Waals surface area contributed by atoms with Crippen LogP contribution in [0, 0.1) is 5.92 Å². The second-order valence-electron chi connectivity index (χ2n) is 5.69. The van der Waals surface area contributed by atoms with E-state index in [4.69, 9.17) is 4.74 Å². The van der Waals surface area contributed by atoms with Gasteiger partial charge in [0.2, 0.25) is 5.95 Å². The third-order valence-electron chi connectivity index (χ3n) is 4.09. The Labute approximate surface area is 143 Å². The molecule has 0 spiro atoms. The lowest BCUT2D eigenvalue weighted by Crippen LogP contribution is -2.39. The number of carbonyl (C=O) groups is 1. The molecule has 0 saturated carbocycles. The average molecular weight is 348 g/mol. The van der Waals surface area contributed by atoms with E-state index in [1.165, 1.54) is 0 Å². The Morgan fingerprint density at radius 3 is 2.83 bits per heavy atom. The first-order chi connectivity index (χ1) is 11.7. The van der Waals surface area contributed by atoms with Crippen LogP contribution in [0.2, 0.25) is 0 Å². The van der Waals surface area contributed by atoms with E-state index in [-0.39, 0.29) is 17.4 Å². The number of aromatic amines is 1. The number of hydrogen-bond donors (Lipinski definition) is 1. The molecule has 1 fully saturated rings. The summed E-state index contributed by atoms with van der Waals surface area (Å²) >= 11 is 1.59. The summed E-state index contributed by atoms with van der Waals surface area (Å²) in [6.07, 6.45) is 1.88. The average Bonchev–Trinajstić information content (AvgIpc) is 3.10. The number of esters is 1. The van der Waals surface area contributed by atoms with Crippen LogP contribution in [-0.4, -0.2) is 40.8 Å². The van der Waals surface area contributed by atoms with Gasteiger partial charge < -0.3 is 9.64 Å². The van der Waals surface area contributed by atoms with Crippen molar-refractivity contribution in [3.05, 3.63) is 38.4 Å². The van der Waals surface area contributed by atoms with Crippen molar-refractivity contribution >= 4 is 23.3 Å². The summed E-state index contributed by atoms with van der Waals surface area (Å²) in [7, 11) is 0. The topological polar surface area (TPSA) is 88.2 Å². The summed E-state index contributed by atoms with van der Waals surface area (Å²) in [5, 5.41) is 10.2. The van der Waals surface area contributed by atoms with Crippen molar-refractivity contribution in [2.75, 3.05) is 24.6 Å². The van der Waals surface area contributed by atoms with Crippen molar-refractivity contribution in [3.63, 3.8) is 0 Å². The van der Waals surface area contributed by atoms with Crippen LogP contribution in [0.3, 0.4) is 0 Å². The van der Waals surface area contributed by atoms with Gasteiger partial charge in [0.15, 0.2) is 0 Å². The van der Waals surface area contributed by atoms with Crippen molar-refractivity contribution in [1.29, 1.82) is 0 Å². The lowest BCUT2D eigenvalue weighted by Gasteiger charge is -2.30. The number of carbonyl (C=O) groups excluding carboxylic acids is 1. The zero-order valence-electron chi connectivity index (χ0n) is 13.5. The summed E-state index contributed by atoms with van der Waals surface area (Å²) < 4.78 is 5.06. The lowest BCUT2D eigenvalue weighted by molar-refractivity contribution is -0.148. The molecule has 1 aliphatic heterocycles. The molecule has 3 rings (SSSR count). The molecule has 1 N–H and O–H groups in total. The first-order valence-electron chi connectivity index (χ1n) is 8.07. The van der Waals surface area contributed by atoms with Gasteiger partial charge in [0.1, 0.15) is 5.69 Å². The molecule has 0 amide bonds. The van der Waals surface area contributed by atoms with Crippen molar-refractivity contribution < 1.29 is 9.53 Å². The molecule has 1 aliphatic rings. The second kappa shape index (κ2) is 7.57. The van der Waals surface area contributed by atoms with Gasteiger partial charge in [-0.3, -0.25) is 14.6 Å². The predicted molar refractivity (Wildman–Crippen MR) is 91.3 cm³/mol. The summed E-state index contributed by atoms with van der Waals surface area (Å²) in [4.78, 5) is 29.8. The Hall–Kier alpha value is -2.22. The van der Waals surface area contributed by atoms with E-state index in [1.807, 2.05) is 29.3 Å². The molecule has 0 aromatic carbocycles. The largest absolute Gasteiger partial charge is 0.466 e. The standard InChI is InChI=1S/C16H20N4O3S/c1-2-23-15(22)11-5-7-20(8-6-11)16-17-14(21)13(18-19-16)10-12-4-3-9-24-12/h3-4,9,11H,2,5-8,10H2,1H3,(H,17,19,21). The highest BCUT2D eigenvalue weighted by Gasteiger charge is 2.27. The molecule has 3 heterocycles. The molecule has 0 atom stereocenters. The summed E-state index contributed by atoms with van der Waals surface area (Å²) in [6.45, 7) is 3.52. The van der Waals surface area contributed by atoms with Gasteiger partial charge >= 0.3 is 5.97 Å². The molecular formula is C16H20N4O3S. The van der Waals surface area contributed by atoms with Gasteiger partial charge in [-0.15, -0.1) is 21.5 Å². The van der Waals surface area contributed by atoms with Gasteiger partial charge in [0, 0.05) is 24.4 Å². The molecule has 0 aliphatic carbocycles. The number of nitrogens with zero attached hydrogens (tertiary/aromatic N) is 3. The van der Waals surface area contributed by atoms with Crippen LogP contribution < -0.4 is 10.5 Å². The number of thiophene rings is 1. The first-order valence-corrected chi connectivity index (χ1v) is 8.95. The molecule has 0 unspecified atom stereocenters. The third kappa shape index (κ3) is 3.81. The zero-order valence-corrected chi connectivity index (χ0v) is 14.3. The number of rotatable bonds is 5. The fraction of sp³-hybridized carbons (Fsp3) is 0.500. The van der Waals surface area contributed by atoms with E-state index in [2.05, 4.69) is 15.2 Å². The van der Waals surface area contributed by atoms with Crippen LogP contribution in [0.4, 0.5) is 5.95 Å². The van der Waals surface area contributed by atoms with E-state index in [1.54, 1.807) is 11.3 Å². The normalized spacial score (nSPS) is 15.5. The fourth-order valence-electron chi connectivity index (χ4n) is 2.78. The smallest absolute Gasteiger partial charge is 0.309 e. The molecule has 7 nitrogen and oxygen atoms in total. The fourth-order valence-corrected chi connectivity index (χ4v) is 3.48. The zero-order chi connectivity index (χ0) is 16.9. The van der Waals surface area contributed by atoms with Crippen LogP contribution in [-0.2, 0) is 16.0 Å². The highest BCUT2D eigenvalue weighted by atomic mass is 32.1. The molecule has 128 valence electrons. The van der Waals surface area contributed by atoms with E-state index < -0.39 is 0 Å². The van der Waals surface area contributed by atoms with E-state index in [0.717, 1.165) is 4.88 Å². The maximum absolute atomic E-state index is 12.2.